The molecule has 2 amide bonds. The van der Waals surface area contributed by atoms with Crippen LogP contribution in [-0.2, 0) is 4.74 Å². The zero-order valence-corrected chi connectivity index (χ0v) is 13.7. The molecule has 0 aromatic rings. The lowest BCUT2D eigenvalue weighted by Crippen LogP contribution is -2.50. The molecular formula is C14H28N2O2S. The van der Waals surface area contributed by atoms with E-state index in [2.05, 4.69) is 16.9 Å². The summed E-state index contributed by atoms with van der Waals surface area (Å²) in [6.07, 6.45) is 6.62. The first kappa shape index (κ1) is 16.6. The van der Waals surface area contributed by atoms with E-state index < -0.39 is 0 Å². The first-order chi connectivity index (χ1) is 8.82. The molecule has 0 aliphatic heterocycles. The van der Waals surface area contributed by atoms with E-state index in [0.29, 0.717) is 0 Å². The van der Waals surface area contributed by atoms with Crippen LogP contribution in [0.5, 0.6) is 0 Å². The molecule has 1 aliphatic rings. The molecule has 0 bridgehead atoms. The molecule has 0 saturated heterocycles. The fourth-order valence-electron chi connectivity index (χ4n) is 2.41. The first-order valence-electron chi connectivity index (χ1n) is 6.97. The number of methoxy groups -OCH3 is 1. The maximum absolute atomic E-state index is 11.9. The van der Waals surface area contributed by atoms with Crippen LogP contribution in [0.4, 0.5) is 4.79 Å². The van der Waals surface area contributed by atoms with E-state index in [1.54, 1.807) is 7.11 Å². The Labute approximate surface area is 121 Å². The Balaban J connectivity index is 2.27. The van der Waals surface area contributed by atoms with Crippen LogP contribution in [0.15, 0.2) is 0 Å². The normalized spacial score (nSPS) is 19.4. The Morgan fingerprint density at radius 1 is 1.47 bits per heavy atom. The van der Waals surface area contributed by atoms with Crippen molar-refractivity contribution >= 4 is 17.8 Å². The Morgan fingerprint density at radius 3 is 2.53 bits per heavy atom. The van der Waals surface area contributed by atoms with Crippen LogP contribution in [0.3, 0.4) is 0 Å². The topological polar surface area (TPSA) is 50.4 Å². The number of thioether (sulfide) groups is 1. The molecular weight excluding hydrogens is 260 g/mol. The van der Waals surface area contributed by atoms with Crippen molar-refractivity contribution in [3.63, 3.8) is 0 Å². The molecule has 1 aliphatic carbocycles. The van der Waals surface area contributed by atoms with Crippen molar-refractivity contribution in [3.8, 4) is 0 Å². The van der Waals surface area contributed by atoms with Crippen molar-refractivity contribution in [2.24, 2.45) is 0 Å². The lowest BCUT2D eigenvalue weighted by atomic mass is 9.84. The highest BCUT2D eigenvalue weighted by molar-refractivity contribution is 8.00. The lowest BCUT2D eigenvalue weighted by Gasteiger charge is -2.40. The van der Waals surface area contributed by atoms with Gasteiger partial charge in [0.15, 0.2) is 0 Å². The summed E-state index contributed by atoms with van der Waals surface area (Å²) in [6, 6.07) is 0.0290. The highest BCUT2D eigenvalue weighted by Crippen LogP contribution is 2.42. The van der Waals surface area contributed by atoms with Crippen molar-refractivity contribution < 1.29 is 9.53 Å². The average molecular weight is 288 g/mol. The second-order valence-electron chi connectivity index (χ2n) is 6.14. The average Bonchev–Trinajstić information content (AvgIpc) is 2.27. The molecule has 0 radical (unpaired) electrons. The van der Waals surface area contributed by atoms with Crippen molar-refractivity contribution in [2.45, 2.75) is 62.8 Å². The second kappa shape index (κ2) is 6.84. The molecule has 1 atom stereocenters. The summed E-state index contributed by atoms with van der Waals surface area (Å²) < 4.78 is 5.66. The van der Waals surface area contributed by atoms with Crippen molar-refractivity contribution in [3.05, 3.63) is 0 Å². The van der Waals surface area contributed by atoms with Gasteiger partial charge in [-0.25, -0.2) is 4.79 Å². The maximum Gasteiger partial charge on any atom is 0.315 e. The van der Waals surface area contributed by atoms with Crippen LogP contribution in [0.2, 0.25) is 0 Å². The van der Waals surface area contributed by atoms with Crippen LogP contribution < -0.4 is 10.6 Å². The van der Waals surface area contributed by atoms with Gasteiger partial charge in [-0.1, -0.05) is 6.42 Å². The lowest BCUT2D eigenvalue weighted by molar-refractivity contribution is 0.00949. The molecule has 0 aromatic carbocycles. The molecule has 1 rings (SSSR count). The Hall–Kier alpha value is -0.420. The molecule has 112 valence electrons. The van der Waals surface area contributed by atoms with E-state index in [9.17, 15) is 4.79 Å². The molecule has 2 N–H and O–H groups in total. The predicted molar refractivity (Wildman–Crippen MR) is 81.8 cm³/mol. The summed E-state index contributed by atoms with van der Waals surface area (Å²) in [5.74, 6) is 0. The number of hydrogen-bond acceptors (Lipinski definition) is 3. The molecule has 0 spiro atoms. The molecule has 1 fully saturated rings. The maximum atomic E-state index is 11.9. The van der Waals surface area contributed by atoms with Crippen LogP contribution in [0, 0.1) is 0 Å². The third-order valence-electron chi connectivity index (χ3n) is 4.00. The van der Waals surface area contributed by atoms with Crippen LogP contribution >= 0.6 is 11.8 Å². The molecule has 1 saturated carbocycles. The van der Waals surface area contributed by atoms with Crippen LogP contribution in [0.25, 0.3) is 0 Å². The van der Waals surface area contributed by atoms with Gasteiger partial charge in [-0.3, -0.25) is 0 Å². The zero-order chi connectivity index (χ0) is 14.5. The van der Waals surface area contributed by atoms with Gasteiger partial charge in [0.1, 0.15) is 0 Å². The third kappa shape index (κ3) is 5.22. The minimum atomic E-state index is -0.207. The van der Waals surface area contributed by atoms with E-state index >= 15 is 0 Å². The molecule has 5 heteroatoms. The van der Waals surface area contributed by atoms with Crippen molar-refractivity contribution in [2.75, 3.05) is 19.9 Å². The zero-order valence-electron chi connectivity index (χ0n) is 12.8. The SMILES string of the molecule is COC(C)(C)C[C@H](C)NC(=O)NCC1(SC)CCC1. The van der Waals surface area contributed by atoms with Gasteiger partial charge in [-0.15, -0.1) is 0 Å². The van der Waals surface area contributed by atoms with Gasteiger partial charge < -0.3 is 15.4 Å². The summed E-state index contributed by atoms with van der Waals surface area (Å²) in [5.41, 5.74) is -0.207. The number of urea groups is 1. The second-order valence-corrected chi connectivity index (χ2v) is 7.41. The molecule has 0 heterocycles. The molecule has 0 unspecified atom stereocenters. The van der Waals surface area contributed by atoms with Gasteiger partial charge in [0.05, 0.1) is 5.60 Å². The monoisotopic (exact) mass is 288 g/mol. The number of hydrogen-bond donors (Lipinski definition) is 2. The highest BCUT2D eigenvalue weighted by atomic mass is 32.2. The number of nitrogens with one attached hydrogen (secondary N) is 2. The summed E-state index contributed by atoms with van der Waals surface area (Å²) in [7, 11) is 1.70. The number of amides is 2. The van der Waals surface area contributed by atoms with E-state index in [4.69, 9.17) is 4.74 Å². The summed E-state index contributed by atoms with van der Waals surface area (Å²) >= 11 is 1.87. The minimum Gasteiger partial charge on any atom is -0.379 e. The quantitative estimate of drug-likeness (QED) is 0.757. The van der Waals surface area contributed by atoms with Gasteiger partial charge in [0.2, 0.25) is 0 Å². The van der Waals surface area contributed by atoms with Crippen molar-refractivity contribution in [1.29, 1.82) is 0 Å². The fraction of sp³-hybridized carbons (Fsp3) is 0.929. The molecule has 0 aromatic heterocycles. The predicted octanol–water partition coefficient (Wildman–Crippen LogP) is 2.77. The number of carbonyl (C=O) groups excluding carboxylic acids is 1. The highest BCUT2D eigenvalue weighted by Gasteiger charge is 2.36. The van der Waals surface area contributed by atoms with Crippen LogP contribution in [0.1, 0.15) is 46.5 Å². The van der Waals surface area contributed by atoms with E-state index in [-0.39, 0.29) is 22.4 Å². The number of rotatable bonds is 7. The number of carbonyl (C=O) groups is 1. The third-order valence-corrected chi connectivity index (χ3v) is 5.42. The van der Waals surface area contributed by atoms with E-state index in [0.717, 1.165) is 13.0 Å². The van der Waals surface area contributed by atoms with E-state index in [1.807, 2.05) is 32.5 Å². The van der Waals surface area contributed by atoms with Gasteiger partial charge in [-0.2, -0.15) is 11.8 Å². The molecule has 4 nitrogen and oxygen atoms in total. The van der Waals surface area contributed by atoms with Gasteiger partial charge in [0.25, 0.3) is 0 Å². The minimum absolute atomic E-state index is 0.0697. The Bertz CT molecular complexity index is 298. The van der Waals surface area contributed by atoms with Gasteiger partial charge >= 0.3 is 6.03 Å². The van der Waals surface area contributed by atoms with Crippen molar-refractivity contribution in [1.82, 2.24) is 10.6 Å². The van der Waals surface area contributed by atoms with Gasteiger partial charge in [0, 0.05) is 24.4 Å². The number of ether oxygens (including phenoxy) is 1. The standard InChI is InChI=1S/C14H28N2O2S/c1-11(9-13(2,3)18-4)16-12(17)15-10-14(19-5)7-6-8-14/h11H,6-10H2,1-5H3,(H2,15,16,17)/t11-/m0/s1. The molecule has 19 heavy (non-hydrogen) atoms. The van der Waals surface area contributed by atoms with Gasteiger partial charge in [-0.05, 0) is 46.3 Å². The first-order valence-corrected chi connectivity index (χ1v) is 8.20. The summed E-state index contributed by atoms with van der Waals surface area (Å²) in [6.45, 7) is 6.83. The Morgan fingerprint density at radius 2 is 2.11 bits per heavy atom. The van der Waals surface area contributed by atoms with E-state index in [1.165, 1.54) is 19.3 Å². The smallest absolute Gasteiger partial charge is 0.315 e. The fourth-order valence-corrected chi connectivity index (χ4v) is 3.33. The summed E-state index contributed by atoms with van der Waals surface area (Å²) in [4.78, 5) is 11.9. The largest absolute Gasteiger partial charge is 0.379 e. The Kier molecular flexibility index (Phi) is 5.99. The van der Waals surface area contributed by atoms with Crippen LogP contribution in [-0.4, -0.2) is 42.3 Å². The summed E-state index contributed by atoms with van der Waals surface area (Å²) in [5, 5.41) is 5.98.